The number of benzene rings is 2. The van der Waals surface area contributed by atoms with Gasteiger partial charge in [-0.25, -0.2) is 4.79 Å². The van der Waals surface area contributed by atoms with E-state index in [1.165, 1.54) is 10.1 Å². The Hall–Kier alpha value is -3.45. The molecule has 1 atom stereocenters. The second-order valence-corrected chi connectivity index (χ2v) is 8.27. The number of aromatic amines is 1. The van der Waals surface area contributed by atoms with E-state index in [1.807, 2.05) is 29.6 Å². The van der Waals surface area contributed by atoms with Gasteiger partial charge in [-0.1, -0.05) is 49.4 Å². The molecule has 4 rings (SSSR count). The molecule has 0 aliphatic rings. The summed E-state index contributed by atoms with van der Waals surface area (Å²) in [7, 11) is 0. The number of H-pyrrole nitrogens is 1. The molecule has 0 spiro atoms. The van der Waals surface area contributed by atoms with Gasteiger partial charge < -0.3 is 5.32 Å². The molecule has 0 aliphatic heterocycles. The van der Waals surface area contributed by atoms with E-state index in [9.17, 15) is 14.4 Å². The first-order chi connectivity index (χ1) is 15.1. The highest BCUT2D eigenvalue weighted by molar-refractivity contribution is 7.10. The number of aryl methyl sites for hydroxylation is 2. The predicted octanol–water partition coefficient (Wildman–Crippen LogP) is 3.61. The maximum absolute atomic E-state index is 12.8. The summed E-state index contributed by atoms with van der Waals surface area (Å²) in [6.07, 6.45) is 1.07. The first kappa shape index (κ1) is 20.8. The van der Waals surface area contributed by atoms with Crippen LogP contribution in [0.2, 0.25) is 0 Å². The van der Waals surface area contributed by atoms with Crippen LogP contribution in [0.4, 0.5) is 0 Å². The Bertz CT molecular complexity index is 1300. The molecular formula is C24H23N3O3S. The number of carbonyl (C=O) groups is 1. The number of amides is 1. The van der Waals surface area contributed by atoms with E-state index in [1.54, 1.807) is 35.6 Å². The van der Waals surface area contributed by atoms with E-state index in [4.69, 9.17) is 0 Å². The van der Waals surface area contributed by atoms with Crippen LogP contribution in [0.15, 0.2) is 75.6 Å². The van der Waals surface area contributed by atoms with Crippen molar-refractivity contribution in [3.63, 3.8) is 0 Å². The molecular weight excluding hydrogens is 410 g/mol. The zero-order valence-corrected chi connectivity index (χ0v) is 17.9. The fourth-order valence-electron chi connectivity index (χ4n) is 3.63. The molecule has 0 saturated heterocycles. The number of nitrogens with zero attached hydrogens (tertiary/aromatic N) is 1. The van der Waals surface area contributed by atoms with Crippen LogP contribution in [-0.4, -0.2) is 15.5 Å². The fraction of sp³-hybridized carbons (Fsp3) is 0.208. The number of fused-ring (bicyclic) bond motifs is 1. The number of thiophene rings is 1. The second-order valence-electron chi connectivity index (χ2n) is 7.29. The molecule has 2 N–H and O–H groups in total. The van der Waals surface area contributed by atoms with E-state index in [-0.39, 0.29) is 24.9 Å². The topological polar surface area (TPSA) is 84.0 Å². The minimum atomic E-state index is -0.513. The maximum atomic E-state index is 12.8. The van der Waals surface area contributed by atoms with E-state index in [0.29, 0.717) is 10.9 Å². The van der Waals surface area contributed by atoms with Crippen molar-refractivity contribution in [2.45, 2.75) is 32.4 Å². The smallest absolute Gasteiger partial charge is 0.328 e. The summed E-state index contributed by atoms with van der Waals surface area (Å²) >= 11 is 1.59. The van der Waals surface area contributed by atoms with Crippen molar-refractivity contribution < 1.29 is 4.79 Å². The van der Waals surface area contributed by atoms with E-state index < -0.39 is 11.2 Å². The van der Waals surface area contributed by atoms with Crippen LogP contribution in [0.25, 0.3) is 10.9 Å². The normalized spacial score (nSPS) is 12.0. The van der Waals surface area contributed by atoms with Crippen molar-refractivity contribution in [2.75, 3.05) is 0 Å². The molecule has 2 heterocycles. The summed E-state index contributed by atoms with van der Waals surface area (Å²) < 4.78 is 1.44. The summed E-state index contributed by atoms with van der Waals surface area (Å²) in [6.45, 7) is 2.28. The van der Waals surface area contributed by atoms with Crippen LogP contribution in [-0.2, 0) is 17.8 Å². The lowest BCUT2D eigenvalue weighted by molar-refractivity contribution is -0.121. The lowest BCUT2D eigenvalue weighted by atomic mass is 10.0. The molecule has 31 heavy (non-hydrogen) atoms. The third kappa shape index (κ3) is 4.51. The van der Waals surface area contributed by atoms with Gasteiger partial charge in [0.05, 0.1) is 16.9 Å². The first-order valence-electron chi connectivity index (χ1n) is 10.2. The first-order valence-corrected chi connectivity index (χ1v) is 11.1. The van der Waals surface area contributed by atoms with Gasteiger partial charge >= 0.3 is 5.69 Å². The predicted molar refractivity (Wildman–Crippen MR) is 124 cm³/mol. The Morgan fingerprint density at radius 2 is 1.84 bits per heavy atom. The number of carbonyl (C=O) groups excluding carboxylic acids is 1. The molecule has 1 amide bonds. The van der Waals surface area contributed by atoms with Gasteiger partial charge in [-0.05, 0) is 41.1 Å². The highest BCUT2D eigenvalue weighted by Crippen LogP contribution is 2.26. The van der Waals surface area contributed by atoms with Gasteiger partial charge in [0.15, 0.2) is 0 Å². The lowest BCUT2D eigenvalue weighted by Crippen LogP contribution is -2.33. The van der Waals surface area contributed by atoms with Crippen LogP contribution in [0, 0.1) is 0 Å². The molecule has 6 nitrogen and oxygen atoms in total. The number of hydrogen-bond donors (Lipinski definition) is 2. The Labute approximate surface area is 183 Å². The van der Waals surface area contributed by atoms with Gasteiger partial charge in [0.1, 0.15) is 0 Å². The minimum absolute atomic E-state index is 0.116. The van der Waals surface area contributed by atoms with Gasteiger partial charge in [-0.15, -0.1) is 11.3 Å². The third-order valence-corrected chi connectivity index (χ3v) is 6.26. The molecule has 0 aliphatic carbocycles. The van der Waals surface area contributed by atoms with Crippen molar-refractivity contribution in [3.8, 4) is 0 Å². The molecule has 7 heteroatoms. The SMILES string of the molecule is CCc1ccc(C(NC(=O)CCn2c(=O)[nH]c(=O)c3ccccc32)c2cccs2)cc1. The van der Waals surface area contributed by atoms with Gasteiger partial charge in [-0.2, -0.15) is 0 Å². The fourth-order valence-corrected chi connectivity index (χ4v) is 4.43. The quantitative estimate of drug-likeness (QED) is 0.467. The van der Waals surface area contributed by atoms with Gasteiger partial charge in [0.2, 0.25) is 5.91 Å². The summed E-state index contributed by atoms with van der Waals surface area (Å²) in [4.78, 5) is 40.6. The highest BCUT2D eigenvalue weighted by atomic mass is 32.1. The van der Waals surface area contributed by atoms with Crippen LogP contribution in [0.5, 0.6) is 0 Å². The number of hydrogen-bond acceptors (Lipinski definition) is 4. The van der Waals surface area contributed by atoms with Crippen molar-refractivity contribution in [2.24, 2.45) is 0 Å². The number of para-hydroxylation sites is 1. The lowest BCUT2D eigenvalue weighted by Gasteiger charge is -2.19. The van der Waals surface area contributed by atoms with Crippen molar-refractivity contribution in [1.82, 2.24) is 14.9 Å². The molecule has 158 valence electrons. The molecule has 0 saturated carbocycles. The van der Waals surface area contributed by atoms with E-state index >= 15 is 0 Å². The van der Waals surface area contributed by atoms with Crippen LogP contribution >= 0.6 is 11.3 Å². The zero-order chi connectivity index (χ0) is 21.8. The molecule has 0 fully saturated rings. The molecule has 4 aromatic rings. The average Bonchev–Trinajstić information content (AvgIpc) is 3.32. The zero-order valence-electron chi connectivity index (χ0n) is 17.1. The summed E-state index contributed by atoms with van der Waals surface area (Å²) in [5, 5.41) is 5.52. The van der Waals surface area contributed by atoms with Gasteiger partial charge in [-0.3, -0.25) is 19.1 Å². The molecule has 0 bridgehead atoms. The summed E-state index contributed by atoms with van der Waals surface area (Å²) in [5.74, 6) is -0.167. The number of aromatic nitrogens is 2. The Morgan fingerprint density at radius 1 is 1.06 bits per heavy atom. The molecule has 2 aromatic heterocycles. The van der Waals surface area contributed by atoms with E-state index in [2.05, 4.69) is 29.4 Å². The largest absolute Gasteiger partial charge is 0.344 e. The summed E-state index contributed by atoms with van der Waals surface area (Å²) in [6, 6.07) is 18.9. The van der Waals surface area contributed by atoms with Crippen LogP contribution < -0.4 is 16.6 Å². The molecule has 2 aromatic carbocycles. The molecule has 0 radical (unpaired) electrons. The maximum Gasteiger partial charge on any atom is 0.328 e. The van der Waals surface area contributed by atoms with Crippen molar-refractivity contribution in [3.05, 3.63) is 103 Å². The molecule has 1 unspecified atom stereocenters. The Kier molecular flexibility index (Phi) is 6.13. The summed E-state index contributed by atoms with van der Waals surface area (Å²) in [5.41, 5.74) is 1.84. The average molecular weight is 434 g/mol. The Balaban J connectivity index is 1.55. The third-order valence-electron chi connectivity index (χ3n) is 5.32. The standard InChI is InChI=1S/C24H23N3O3S/c1-2-16-9-11-17(12-10-16)22(20-8-5-15-31-20)25-21(28)13-14-27-19-7-4-3-6-18(19)23(29)26-24(27)30/h3-12,15,22H,2,13-14H2,1H3,(H,25,28)(H,26,29,30). The van der Waals surface area contributed by atoms with Crippen molar-refractivity contribution in [1.29, 1.82) is 0 Å². The van der Waals surface area contributed by atoms with Crippen molar-refractivity contribution >= 4 is 28.1 Å². The van der Waals surface area contributed by atoms with Gasteiger partial charge in [0, 0.05) is 17.8 Å². The monoisotopic (exact) mass is 433 g/mol. The number of nitrogens with one attached hydrogen (secondary N) is 2. The van der Waals surface area contributed by atoms with Crippen LogP contribution in [0.3, 0.4) is 0 Å². The Morgan fingerprint density at radius 3 is 2.55 bits per heavy atom. The number of rotatable bonds is 7. The minimum Gasteiger partial charge on any atom is -0.344 e. The van der Waals surface area contributed by atoms with Crippen LogP contribution in [0.1, 0.15) is 35.4 Å². The second kappa shape index (κ2) is 9.14. The van der Waals surface area contributed by atoms with E-state index in [0.717, 1.165) is 16.9 Å². The highest BCUT2D eigenvalue weighted by Gasteiger charge is 2.18. The van der Waals surface area contributed by atoms with Gasteiger partial charge in [0.25, 0.3) is 5.56 Å².